The van der Waals surface area contributed by atoms with E-state index in [1.54, 1.807) is 18.0 Å². The molecule has 1 atom stereocenters. The van der Waals surface area contributed by atoms with Gasteiger partial charge >= 0.3 is 0 Å². The zero-order valence-corrected chi connectivity index (χ0v) is 17.8. The largest absolute Gasteiger partial charge is 0.387 e. The summed E-state index contributed by atoms with van der Waals surface area (Å²) >= 11 is 0. The maximum absolute atomic E-state index is 12.0. The van der Waals surface area contributed by atoms with Crippen LogP contribution in [0.15, 0.2) is 30.5 Å². The smallest absolute Gasteiger partial charge is 0.248 e. The summed E-state index contributed by atoms with van der Waals surface area (Å²) in [6.07, 6.45) is 3.69. The number of aryl methyl sites for hydroxylation is 1. The fourth-order valence-electron chi connectivity index (χ4n) is 3.52. The Kier molecular flexibility index (Phi) is 7.57. The Bertz CT molecular complexity index is 1010. The number of rotatable bonds is 7. The number of anilines is 3. The second-order valence-electron chi connectivity index (χ2n) is 7.46. The van der Waals surface area contributed by atoms with E-state index in [0.29, 0.717) is 24.9 Å². The average molecular weight is 422 g/mol. The van der Waals surface area contributed by atoms with Gasteiger partial charge in [0.1, 0.15) is 12.4 Å². The van der Waals surface area contributed by atoms with E-state index in [2.05, 4.69) is 32.4 Å². The fourth-order valence-corrected chi connectivity index (χ4v) is 3.52. The predicted octanol–water partition coefficient (Wildman–Crippen LogP) is 2.06. The van der Waals surface area contributed by atoms with Gasteiger partial charge in [0.15, 0.2) is 0 Å². The van der Waals surface area contributed by atoms with Crippen molar-refractivity contribution in [3.63, 3.8) is 0 Å². The molecule has 8 nitrogen and oxygen atoms in total. The van der Waals surface area contributed by atoms with Crippen LogP contribution in [0.25, 0.3) is 0 Å². The van der Waals surface area contributed by atoms with Crippen molar-refractivity contribution in [2.75, 3.05) is 30.3 Å². The highest BCUT2D eigenvalue weighted by Gasteiger charge is 2.23. The van der Waals surface area contributed by atoms with E-state index < -0.39 is 6.61 Å². The molecule has 3 N–H and O–H groups in total. The molecule has 1 aliphatic heterocycles. The van der Waals surface area contributed by atoms with Crippen molar-refractivity contribution in [1.82, 2.24) is 14.9 Å². The minimum absolute atomic E-state index is 0.0114. The van der Waals surface area contributed by atoms with E-state index in [0.717, 1.165) is 29.7 Å². The molecule has 162 valence electrons. The molecular formula is C23H27N5O3. The first-order valence-electron chi connectivity index (χ1n) is 10.3. The van der Waals surface area contributed by atoms with Gasteiger partial charge in [-0.05, 0) is 44.2 Å². The molecule has 1 aliphatic rings. The second kappa shape index (κ2) is 10.5. The van der Waals surface area contributed by atoms with Crippen LogP contribution in [0, 0.1) is 18.8 Å². The van der Waals surface area contributed by atoms with Gasteiger partial charge in [-0.25, -0.2) is 4.98 Å². The number of hydrogen-bond acceptors (Lipinski definition) is 7. The predicted molar refractivity (Wildman–Crippen MR) is 119 cm³/mol. The topological polar surface area (TPSA) is 107 Å². The molecule has 8 heteroatoms. The number of aromatic nitrogens is 2. The molecule has 1 fully saturated rings. The van der Waals surface area contributed by atoms with Crippen LogP contribution >= 0.6 is 0 Å². The molecule has 0 bridgehead atoms. The zero-order chi connectivity index (χ0) is 22.2. The highest BCUT2D eigenvalue weighted by molar-refractivity contribution is 5.97. The molecule has 0 spiro atoms. The summed E-state index contributed by atoms with van der Waals surface area (Å²) in [7, 11) is 0. The molecule has 1 aromatic carbocycles. The lowest BCUT2D eigenvalue weighted by Crippen LogP contribution is -2.46. The summed E-state index contributed by atoms with van der Waals surface area (Å²) in [5.41, 5.74) is 2.49. The number of nitrogens with one attached hydrogen (secondary N) is 2. The lowest BCUT2D eigenvalue weighted by Gasteiger charge is -2.32. The Hall–Kier alpha value is -3.44. The van der Waals surface area contributed by atoms with Crippen molar-refractivity contribution >= 4 is 29.1 Å². The maximum atomic E-state index is 12.0. The third kappa shape index (κ3) is 6.03. The lowest BCUT2D eigenvalue weighted by atomic mass is 10.1. The minimum atomic E-state index is -0.479. The van der Waals surface area contributed by atoms with E-state index in [4.69, 9.17) is 5.11 Å². The highest BCUT2D eigenvalue weighted by Crippen LogP contribution is 2.24. The molecule has 1 aromatic heterocycles. The maximum Gasteiger partial charge on any atom is 0.248 e. The van der Waals surface area contributed by atoms with Gasteiger partial charge in [0, 0.05) is 43.0 Å². The monoisotopic (exact) mass is 421 g/mol. The number of hydrogen-bond donors (Lipinski definition) is 3. The quantitative estimate of drug-likeness (QED) is 0.464. The van der Waals surface area contributed by atoms with Gasteiger partial charge in [0.2, 0.25) is 17.6 Å². The second-order valence-corrected chi connectivity index (χ2v) is 7.46. The number of para-hydroxylation sites is 1. The number of benzene rings is 1. The minimum Gasteiger partial charge on any atom is -0.387 e. The van der Waals surface area contributed by atoms with Gasteiger partial charge in [-0.3, -0.25) is 9.59 Å². The first-order valence-corrected chi connectivity index (χ1v) is 10.3. The molecule has 0 radical (unpaired) electrons. The molecule has 2 heterocycles. The number of aliphatic hydroxyl groups excluding tert-OH is 1. The summed E-state index contributed by atoms with van der Waals surface area (Å²) in [5.74, 6) is 5.90. The van der Waals surface area contributed by atoms with Gasteiger partial charge in [-0.2, -0.15) is 4.98 Å². The Morgan fingerprint density at radius 3 is 2.90 bits per heavy atom. The molecule has 1 saturated heterocycles. The van der Waals surface area contributed by atoms with Gasteiger partial charge in [0.05, 0.1) is 0 Å². The molecular weight excluding hydrogens is 394 g/mol. The van der Waals surface area contributed by atoms with E-state index in [-0.39, 0.29) is 24.2 Å². The summed E-state index contributed by atoms with van der Waals surface area (Å²) in [4.78, 5) is 34.4. The van der Waals surface area contributed by atoms with Crippen LogP contribution in [0.4, 0.5) is 17.5 Å². The fraction of sp³-hybridized carbons (Fsp3) is 0.391. The highest BCUT2D eigenvalue weighted by atomic mass is 16.3. The van der Waals surface area contributed by atoms with Crippen LogP contribution in [0.2, 0.25) is 0 Å². The molecule has 1 amide bonds. The van der Waals surface area contributed by atoms with E-state index in [1.807, 2.05) is 31.2 Å². The number of Topliss-reactive ketones (excluding diaryl/α,β-unsaturated/α-hetero) is 1. The standard InChI is InChI=1S/C23H27N5O3/c1-3-7-19(30)12-17-8-4-5-10-20(17)26-22-16(2)13-24-23(27-22)25-18-9-6-11-28(14-18)21(31)15-29/h4-5,8,10,13,18,29H,6,9,11-12,14-15H2,1-2H3,(H2,24,25,26,27)/t18-/m0/s1. The SMILES string of the molecule is CC#CC(=O)Cc1ccccc1Nc1nc(N[C@H]2CCCN(C(=O)CO)C2)ncc1C. The van der Waals surface area contributed by atoms with Gasteiger partial charge in [0.25, 0.3) is 0 Å². The summed E-state index contributed by atoms with van der Waals surface area (Å²) in [6, 6.07) is 7.58. The number of ketones is 1. The summed E-state index contributed by atoms with van der Waals surface area (Å²) in [6.45, 7) is 4.23. The number of carbonyl (C=O) groups is 2. The van der Waals surface area contributed by atoms with Crippen molar-refractivity contribution in [3.05, 3.63) is 41.6 Å². The van der Waals surface area contributed by atoms with E-state index in [9.17, 15) is 9.59 Å². The lowest BCUT2D eigenvalue weighted by molar-refractivity contribution is -0.135. The Labute approximate surface area is 182 Å². The van der Waals surface area contributed by atoms with Crippen LogP contribution in [-0.2, 0) is 16.0 Å². The molecule has 2 aromatic rings. The van der Waals surface area contributed by atoms with E-state index >= 15 is 0 Å². The average Bonchev–Trinajstić information content (AvgIpc) is 2.77. The number of amides is 1. The third-order valence-electron chi connectivity index (χ3n) is 5.10. The Balaban J connectivity index is 1.74. The number of piperidine rings is 1. The molecule has 0 aliphatic carbocycles. The van der Waals surface area contributed by atoms with Crippen LogP contribution in [-0.4, -0.2) is 57.4 Å². The van der Waals surface area contributed by atoms with E-state index in [1.165, 1.54) is 0 Å². The number of carbonyl (C=O) groups excluding carboxylic acids is 2. The Morgan fingerprint density at radius 1 is 1.32 bits per heavy atom. The summed E-state index contributed by atoms with van der Waals surface area (Å²) in [5, 5.41) is 15.7. The van der Waals surface area contributed by atoms with Gasteiger partial charge in [-0.1, -0.05) is 24.1 Å². The number of nitrogens with zero attached hydrogens (tertiary/aromatic N) is 3. The zero-order valence-electron chi connectivity index (χ0n) is 17.8. The first kappa shape index (κ1) is 22.2. The number of aliphatic hydroxyl groups is 1. The van der Waals surface area contributed by atoms with Crippen molar-refractivity contribution in [2.45, 2.75) is 39.2 Å². The summed E-state index contributed by atoms with van der Waals surface area (Å²) < 4.78 is 0. The van der Waals surface area contributed by atoms with Crippen LogP contribution < -0.4 is 10.6 Å². The van der Waals surface area contributed by atoms with Crippen molar-refractivity contribution in [1.29, 1.82) is 0 Å². The normalized spacial score (nSPS) is 15.6. The third-order valence-corrected chi connectivity index (χ3v) is 5.10. The van der Waals surface area contributed by atoms with Crippen LogP contribution in [0.1, 0.15) is 30.9 Å². The first-order chi connectivity index (χ1) is 15.0. The Morgan fingerprint density at radius 2 is 2.13 bits per heavy atom. The van der Waals surface area contributed by atoms with Gasteiger partial charge < -0.3 is 20.6 Å². The van der Waals surface area contributed by atoms with Crippen molar-refractivity contribution in [3.8, 4) is 11.8 Å². The van der Waals surface area contributed by atoms with Crippen molar-refractivity contribution in [2.24, 2.45) is 0 Å². The molecule has 3 rings (SSSR count). The molecule has 31 heavy (non-hydrogen) atoms. The molecule has 0 saturated carbocycles. The molecule has 0 unspecified atom stereocenters. The van der Waals surface area contributed by atoms with Crippen molar-refractivity contribution < 1.29 is 14.7 Å². The van der Waals surface area contributed by atoms with Gasteiger partial charge in [-0.15, -0.1) is 0 Å². The number of likely N-dealkylation sites (tertiary alicyclic amines) is 1. The van der Waals surface area contributed by atoms with Crippen LogP contribution in [0.3, 0.4) is 0 Å². The van der Waals surface area contributed by atoms with Crippen LogP contribution in [0.5, 0.6) is 0 Å².